The Bertz CT molecular complexity index is 460. The predicted molar refractivity (Wildman–Crippen MR) is 69.5 cm³/mol. The number of carbonyl (C=O) groups excluding carboxylic acids is 3. The van der Waals surface area contributed by atoms with Crippen molar-refractivity contribution in [1.82, 2.24) is 0 Å². The van der Waals surface area contributed by atoms with Crippen LogP contribution in [-0.2, 0) is 9.59 Å². The smallest absolute Gasteiger partial charge is 0.231 e. The topological polar surface area (TPSA) is 63.2 Å². The first kappa shape index (κ1) is 14.1. The van der Waals surface area contributed by atoms with E-state index in [1.165, 1.54) is 6.92 Å². The second-order valence-corrected chi connectivity index (χ2v) is 4.48. The normalized spacial score (nSPS) is 10.2. The largest absolute Gasteiger partial charge is 0.326 e. The summed E-state index contributed by atoms with van der Waals surface area (Å²) >= 11 is 0. The van der Waals surface area contributed by atoms with Crippen molar-refractivity contribution in [2.24, 2.45) is 5.92 Å². The van der Waals surface area contributed by atoms with E-state index in [2.05, 4.69) is 5.32 Å². The molecule has 0 radical (unpaired) electrons. The van der Waals surface area contributed by atoms with Gasteiger partial charge in [-0.15, -0.1) is 0 Å². The number of benzene rings is 1. The van der Waals surface area contributed by atoms with E-state index in [-0.39, 0.29) is 29.8 Å². The highest BCUT2D eigenvalue weighted by atomic mass is 16.2. The fourth-order valence-electron chi connectivity index (χ4n) is 1.36. The molecule has 0 spiro atoms. The van der Waals surface area contributed by atoms with Crippen LogP contribution in [0.5, 0.6) is 0 Å². The van der Waals surface area contributed by atoms with Gasteiger partial charge in [-0.25, -0.2) is 0 Å². The van der Waals surface area contributed by atoms with Crippen LogP contribution in [0.4, 0.5) is 5.69 Å². The van der Waals surface area contributed by atoms with E-state index in [0.29, 0.717) is 11.3 Å². The minimum Gasteiger partial charge on any atom is -0.326 e. The maximum Gasteiger partial charge on any atom is 0.231 e. The Kier molecular flexibility index (Phi) is 4.77. The van der Waals surface area contributed by atoms with Crippen LogP contribution in [-0.4, -0.2) is 17.5 Å². The molecule has 0 bridgehead atoms. The standard InChI is InChI=1S/C14H17NO3/c1-9(2)13(17)8-14(18)15-12-6-4-11(5-7-12)10(3)16/h4-7,9H,8H2,1-3H3,(H,15,18). The summed E-state index contributed by atoms with van der Waals surface area (Å²) in [5, 5.41) is 2.62. The summed E-state index contributed by atoms with van der Waals surface area (Å²) < 4.78 is 0. The van der Waals surface area contributed by atoms with Gasteiger partial charge in [0.15, 0.2) is 5.78 Å². The Balaban J connectivity index is 2.60. The van der Waals surface area contributed by atoms with Gasteiger partial charge in [0.2, 0.25) is 5.91 Å². The van der Waals surface area contributed by atoms with Crippen LogP contribution in [0.25, 0.3) is 0 Å². The highest BCUT2D eigenvalue weighted by Crippen LogP contribution is 2.11. The van der Waals surface area contributed by atoms with Crippen molar-refractivity contribution in [1.29, 1.82) is 0 Å². The van der Waals surface area contributed by atoms with Gasteiger partial charge < -0.3 is 5.32 Å². The average molecular weight is 247 g/mol. The zero-order valence-corrected chi connectivity index (χ0v) is 10.8. The molecule has 0 aliphatic carbocycles. The first-order valence-corrected chi connectivity index (χ1v) is 5.83. The van der Waals surface area contributed by atoms with Crippen molar-refractivity contribution in [2.45, 2.75) is 27.2 Å². The van der Waals surface area contributed by atoms with E-state index < -0.39 is 0 Å². The number of amides is 1. The third-order valence-electron chi connectivity index (χ3n) is 2.55. The van der Waals surface area contributed by atoms with Gasteiger partial charge in [0.05, 0.1) is 6.42 Å². The zero-order chi connectivity index (χ0) is 13.7. The Hall–Kier alpha value is -1.97. The van der Waals surface area contributed by atoms with Crippen LogP contribution in [0.1, 0.15) is 37.6 Å². The van der Waals surface area contributed by atoms with Gasteiger partial charge in [0.25, 0.3) is 0 Å². The number of anilines is 1. The molecule has 0 fully saturated rings. The zero-order valence-electron chi connectivity index (χ0n) is 10.8. The number of hydrogen-bond donors (Lipinski definition) is 1. The molecule has 4 heteroatoms. The minimum absolute atomic E-state index is 0.0251. The summed E-state index contributed by atoms with van der Waals surface area (Å²) in [5.41, 5.74) is 1.17. The molecule has 96 valence electrons. The molecule has 1 N–H and O–H groups in total. The van der Waals surface area contributed by atoms with Gasteiger partial charge in [-0.2, -0.15) is 0 Å². The maximum atomic E-state index is 11.5. The lowest BCUT2D eigenvalue weighted by Crippen LogP contribution is -2.19. The summed E-state index contributed by atoms with van der Waals surface area (Å²) in [6.45, 7) is 5.00. The van der Waals surface area contributed by atoms with Gasteiger partial charge in [-0.1, -0.05) is 13.8 Å². The molecular formula is C14H17NO3. The van der Waals surface area contributed by atoms with Gasteiger partial charge >= 0.3 is 0 Å². The highest BCUT2D eigenvalue weighted by Gasteiger charge is 2.12. The highest BCUT2D eigenvalue weighted by molar-refractivity contribution is 6.05. The molecule has 0 aromatic heterocycles. The van der Waals surface area contributed by atoms with E-state index >= 15 is 0 Å². The SMILES string of the molecule is CC(=O)c1ccc(NC(=O)CC(=O)C(C)C)cc1. The summed E-state index contributed by atoms with van der Waals surface area (Å²) in [4.78, 5) is 34.0. The Morgan fingerprint density at radius 2 is 1.67 bits per heavy atom. The second-order valence-electron chi connectivity index (χ2n) is 4.48. The molecule has 0 unspecified atom stereocenters. The fourth-order valence-corrected chi connectivity index (χ4v) is 1.36. The van der Waals surface area contributed by atoms with Crippen LogP contribution in [0.3, 0.4) is 0 Å². The van der Waals surface area contributed by atoms with Gasteiger partial charge in [0, 0.05) is 17.2 Å². The lowest BCUT2D eigenvalue weighted by atomic mass is 10.1. The maximum absolute atomic E-state index is 11.5. The Labute approximate surface area is 106 Å². The molecule has 18 heavy (non-hydrogen) atoms. The first-order chi connectivity index (χ1) is 8.40. The molecule has 0 atom stereocenters. The number of hydrogen-bond acceptors (Lipinski definition) is 3. The number of Topliss-reactive ketones (excluding diaryl/α,β-unsaturated/α-hetero) is 2. The molecule has 0 saturated heterocycles. The fraction of sp³-hybridized carbons (Fsp3) is 0.357. The molecule has 1 amide bonds. The van der Waals surface area contributed by atoms with Gasteiger partial charge in [-0.05, 0) is 31.2 Å². The van der Waals surface area contributed by atoms with E-state index in [1.807, 2.05) is 0 Å². The van der Waals surface area contributed by atoms with Crippen LogP contribution in [0.15, 0.2) is 24.3 Å². The Morgan fingerprint density at radius 1 is 1.11 bits per heavy atom. The summed E-state index contributed by atoms with van der Waals surface area (Å²) in [7, 11) is 0. The van der Waals surface area contributed by atoms with E-state index in [1.54, 1.807) is 38.1 Å². The molecule has 4 nitrogen and oxygen atoms in total. The van der Waals surface area contributed by atoms with Crippen LogP contribution in [0.2, 0.25) is 0 Å². The number of nitrogens with one attached hydrogen (secondary N) is 1. The van der Waals surface area contributed by atoms with Crippen molar-refractivity contribution in [2.75, 3.05) is 5.32 Å². The van der Waals surface area contributed by atoms with Crippen LogP contribution < -0.4 is 5.32 Å². The Morgan fingerprint density at radius 3 is 2.11 bits per heavy atom. The predicted octanol–water partition coefficient (Wildman–Crippen LogP) is 2.44. The van der Waals surface area contributed by atoms with E-state index in [9.17, 15) is 14.4 Å². The van der Waals surface area contributed by atoms with Crippen molar-refractivity contribution >= 4 is 23.2 Å². The minimum atomic E-state index is -0.329. The molecule has 0 aliphatic heterocycles. The van der Waals surface area contributed by atoms with Crippen molar-refractivity contribution < 1.29 is 14.4 Å². The molecule has 1 aromatic rings. The summed E-state index contributed by atoms with van der Waals surface area (Å²) in [5.74, 6) is -0.587. The summed E-state index contributed by atoms with van der Waals surface area (Å²) in [6, 6.07) is 6.58. The molecule has 0 saturated carbocycles. The van der Waals surface area contributed by atoms with Crippen molar-refractivity contribution in [3.63, 3.8) is 0 Å². The van der Waals surface area contributed by atoms with E-state index in [4.69, 9.17) is 0 Å². The third kappa shape index (κ3) is 4.13. The lowest BCUT2D eigenvalue weighted by Gasteiger charge is -2.06. The summed E-state index contributed by atoms with van der Waals surface area (Å²) in [6.07, 6.45) is -0.119. The number of rotatable bonds is 5. The van der Waals surface area contributed by atoms with Crippen LogP contribution in [0, 0.1) is 5.92 Å². The molecule has 0 aliphatic rings. The quantitative estimate of drug-likeness (QED) is 0.642. The van der Waals surface area contributed by atoms with Gasteiger partial charge in [-0.3, -0.25) is 14.4 Å². The van der Waals surface area contributed by atoms with Crippen molar-refractivity contribution in [3.8, 4) is 0 Å². The number of carbonyl (C=O) groups is 3. The van der Waals surface area contributed by atoms with Gasteiger partial charge in [0.1, 0.15) is 5.78 Å². The molecule has 0 heterocycles. The lowest BCUT2D eigenvalue weighted by molar-refractivity contribution is -0.127. The van der Waals surface area contributed by atoms with Crippen molar-refractivity contribution in [3.05, 3.63) is 29.8 Å². The average Bonchev–Trinajstić information content (AvgIpc) is 2.29. The molecule has 1 aromatic carbocycles. The molecule has 1 rings (SSSR count). The number of ketones is 2. The first-order valence-electron chi connectivity index (χ1n) is 5.83. The van der Waals surface area contributed by atoms with E-state index in [0.717, 1.165) is 0 Å². The van der Waals surface area contributed by atoms with Crippen LogP contribution >= 0.6 is 0 Å². The monoisotopic (exact) mass is 247 g/mol. The third-order valence-corrected chi connectivity index (χ3v) is 2.55. The molecular weight excluding hydrogens is 230 g/mol. The second kappa shape index (κ2) is 6.10.